The summed E-state index contributed by atoms with van der Waals surface area (Å²) < 4.78 is 7.37. The van der Waals surface area contributed by atoms with E-state index in [1.54, 1.807) is 24.4 Å². The van der Waals surface area contributed by atoms with Crippen LogP contribution in [0.15, 0.2) is 37.1 Å². The smallest absolute Gasteiger partial charge is 0.273 e. The van der Waals surface area contributed by atoms with E-state index in [1.165, 1.54) is 4.68 Å². The van der Waals surface area contributed by atoms with Crippen LogP contribution in [0.2, 0.25) is 0 Å². The van der Waals surface area contributed by atoms with E-state index >= 15 is 0 Å². The number of nitrogens with zero attached hydrogens (tertiary/aromatic N) is 3. The molecule has 0 unspecified atom stereocenters. The first-order chi connectivity index (χ1) is 13.7. The Morgan fingerprint density at radius 1 is 1.28 bits per heavy atom. The summed E-state index contributed by atoms with van der Waals surface area (Å²) in [5.41, 5.74) is 0.901. The number of aromatic nitrogens is 3. The van der Waals surface area contributed by atoms with Crippen LogP contribution in [0.3, 0.4) is 0 Å². The Morgan fingerprint density at radius 3 is 2.69 bits per heavy atom. The molecule has 0 fully saturated rings. The number of carbonyl (C=O) groups excluding carboxylic acids is 2. The van der Waals surface area contributed by atoms with Crippen molar-refractivity contribution in [3.05, 3.63) is 48.3 Å². The maximum Gasteiger partial charge on any atom is 0.273 e. The minimum atomic E-state index is -0.380. The first-order valence-corrected chi connectivity index (χ1v) is 9.66. The minimum absolute atomic E-state index is 0.182. The molecular weight excluding hydrogens is 370 g/mol. The number of rotatable bonds is 9. The molecular formula is C21H29N5O3. The third-order valence-electron chi connectivity index (χ3n) is 3.83. The molecule has 1 aromatic heterocycles. The van der Waals surface area contributed by atoms with Crippen molar-refractivity contribution in [2.45, 2.75) is 46.1 Å². The largest absolute Gasteiger partial charge is 0.491 e. The summed E-state index contributed by atoms with van der Waals surface area (Å²) in [6.07, 6.45) is 4.99. The summed E-state index contributed by atoms with van der Waals surface area (Å²) in [4.78, 5) is 24.5. The van der Waals surface area contributed by atoms with Crippen LogP contribution in [-0.4, -0.2) is 45.5 Å². The molecule has 8 nitrogen and oxygen atoms in total. The molecule has 0 saturated heterocycles. The van der Waals surface area contributed by atoms with Gasteiger partial charge in [-0.05, 0) is 58.7 Å². The highest BCUT2D eigenvalue weighted by atomic mass is 16.5. The molecule has 2 amide bonds. The van der Waals surface area contributed by atoms with E-state index in [1.807, 2.05) is 33.8 Å². The van der Waals surface area contributed by atoms with Gasteiger partial charge in [0.05, 0.1) is 12.8 Å². The number of amides is 2. The van der Waals surface area contributed by atoms with Crippen LogP contribution in [0.1, 0.15) is 61.4 Å². The molecule has 0 aliphatic heterocycles. The van der Waals surface area contributed by atoms with Gasteiger partial charge < -0.3 is 15.4 Å². The first kappa shape index (κ1) is 22.1. The summed E-state index contributed by atoms with van der Waals surface area (Å²) in [6, 6.07) is 5.09. The monoisotopic (exact) mass is 399 g/mol. The van der Waals surface area contributed by atoms with Gasteiger partial charge in [0.25, 0.3) is 11.8 Å². The van der Waals surface area contributed by atoms with E-state index in [4.69, 9.17) is 4.74 Å². The van der Waals surface area contributed by atoms with Gasteiger partial charge in [-0.2, -0.15) is 0 Å². The van der Waals surface area contributed by atoms with Gasteiger partial charge in [-0.25, -0.2) is 4.68 Å². The van der Waals surface area contributed by atoms with Crippen LogP contribution in [-0.2, 0) is 0 Å². The Balaban J connectivity index is 2.31. The third kappa shape index (κ3) is 6.44. The molecule has 2 aromatic rings. The molecule has 2 rings (SSSR count). The molecule has 0 bridgehead atoms. The molecule has 1 heterocycles. The highest BCUT2D eigenvalue weighted by Gasteiger charge is 2.19. The fourth-order valence-electron chi connectivity index (χ4n) is 2.52. The lowest BCUT2D eigenvalue weighted by Crippen LogP contribution is -2.40. The van der Waals surface area contributed by atoms with Gasteiger partial charge in [0.1, 0.15) is 11.4 Å². The molecule has 0 radical (unpaired) electrons. The molecule has 0 atom stereocenters. The van der Waals surface area contributed by atoms with Crippen molar-refractivity contribution >= 4 is 11.8 Å². The summed E-state index contributed by atoms with van der Waals surface area (Å²) in [5, 5.41) is 13.7. The number of nitrogens with one attached hydrogen (secondary N) is 2. The Morgan fingerprint density at radius 2 is 2.03 bits per heavy atom. The van der Waals surface area contributed by atoms with Crippen LogP contribution in [0.4, 0.5) is 0 Å². The van der Waals surface area contributed by atoms with Crippen molar-refractivity contribution in [3.63, 3.8) is 0 Å². The Labute approximate surface area is 171 Å². The van der Waals surface area contributed by atoms with Crippen molar-refractivity contribution in [2.24, 2.45) is 0 Å². The number of allylic oxidation sites excluding steroid dienone is 1. The Hall–Kier alpha value is -3.16. The SMILES string of the molecule is C=CCCCOc1cc(C(=O)NCC)ccc1-n1cc(C(=O)NC(C)(C)C)nn1. The second-order valence-corrected chi connectivity index (χ2v) is 7.57. The molecule has 2 N–H and O–H groups in total. The zero-order chi connectivity index (χ0) is 21.4. The number of hydrogen-bond acceptors (Lipinski definition) is 5. The van der Waals surface area contributed by atoms with Crippen molar-refractivity contribution in [1.29, 1.82) is 0 Å². The Kier molecular flexibility index (Phi) is 7.52. The molecule has 0 aliphatic carbocycles. The van der Waals surface area contributed by atoms with Gasteiger partial charge in [-0.15, -0.1) is 11.7 Å². The molecule has 29 heavy (non-hydrogen) atoms. The topological polar surface area (TPSA) is 98.1 Å². The van der Waals surface area contributed by atoms with E-state index in [2.05, 4.69) is 27.5 Å². The zero-order valence-corrected chi connectivity index (χ0v) is 17.5. The lowest BCUT2D eigenvalue weighted by Gasteiger charge is -2.19. The van der Waals surface area contributed by atoms with Gasteiger partial charge in [0.15, 0.2) is 5.69 Å². The van der Waals surface area contributed by atoms with Crippen LogP contribution < -0.4 is 15.4 Å². The standard InChI is InChI=1S/C21H29N5O3/c1-6-8-9-12-29-18-13-15(19(27)22-7-2)10-11-17(18)26-14-16(24-25-26)20(28)23-21(3,4)5/h6,10-11,13-14H,1,7-9,12H2,2-5H3,(H,22,27)(H,23,28). The van der Waals surface area contributed by atoms with Crippen LogP contribution in [0.5, 0.6) is 5.75 Å². The highest BCUT2D eigenvalue weighted by molar-refractivity contribution is 5.95. The fourth-order valence-corrected chi connectivity index (χ4v) is 2.52. The van der Waals surface area contributed by atoms with Crippen molar-refractivity contribution in [3.8, 4) is 11.4 Å². The highest BCUT2D eigenvalue weighted by Crippen LogP contribution is 2.25. The van der Waals surface area contributed by atoms with Gasteiger partial charge in [0, 0.05) is 17.6 Å². The number of hydrogen-bond donors (Lipinski definition) is 2. The quantitative estimate of drug-likeness (QED) is 0.499. The maximum absolute atomic E-state index is 12.3. The van der Waals surface area contributed by atoms with Crippen molar-refractivity contribution < 1.29 is 14.3 Å². The van der Waals surface area contributed by atoms with Crippen LogP contribution >= 0.6 is 0 Å². The summed E-state index contributed by atoms with van der Waals surface area (Å²) in [5.74, 6) is 0.000431. The van der Waals surface area contributed by atoms with Gasteiger partial charge in [-0.3, -0.25) is 9.59 Å². The molecule has 0 saturated carbocycles. The predicted octanol–water partition coefficient (Wildman–Crippen LogP) is 2.89. The lowest BCUT2D eigenvalue weighted by molar-refractivity contribution is 0.0912. The van der Waals surface area contributed by atoms with Gasteiger partial charge in [0.2, 0.25) is 0 Å². The summed E-state index contributed by atoms with van der Waals surface area (Å²) in [6.45, 7) is 12.2. The first-order valence-electron chi connectivity index (χ1n) is 9.66. The summed E-state index contributed by atoms with van der Waals surface area (Å²) in [7, 11) is 0. The van der Waals surface area contributed by atoms with E-state index < -0.39 is 0 Å². The molecule has 0 spiro atoms. The van der Waals surface area contributed by atoms with Crippen LogP contribution in [0.25, 0.3) is 5.69 Å². The van der Waals surface area contributed by atoms with E-state index in [0.717, 1.165) is 12.8 Å². The minimum Gasteiger partial charge on any atom is -0.491 e. The molecule has 1 aromatic carbocycles. The van der Waals surface area contributed by atoms with Gasteiger partial charge in [-0.1, -0.05) is 11.3 Å². The van der Waals surface area contributed by atoms with E-state index in [0.29, 0.717) is 30.2 Å². The number of carbonyl (C=O) groups is 2. The van der Waals surface area contributed by atoms with Crippen LogP contribution in [0, 0.1) is 0 Å². The lowest BCUT2D eigenvalue weighted by atomic mass is 10.1. The number of unbranched alkanes of at least 4 members (excludes halogenated alkanes) is 1. The van der Waals surface area contributed by atoms with E-state index in [-0.39, 0.29) is 23.0 Å². The molecule has 0 aliphatic rings. The predicted molar refractivity (Wildman–Crippen MR) is 112 cm³/mol. The van der Waals surface area contributed by atoms with Gasteiger partial charge >= 0.3 is 0 Å². The third-order valence-corrected chi connectivity index (χ3v) is 3.83. The zero-order valence-electron chi connectivity index (χ0n) is 17.5. The van der Waals surface area contributed by atoms with Crippen molar-refractivity contribution in [2.75, 3.05) is 13.2 Å². The maximum atomic E-state index is 12.3. The summed E-state index contributed by atoms with van der Waals surface area (Å²) >= 11 is 0. The average Bonchev–Trinajstić information content (AvgIpc) is 3.14. The second-order valence-electron chi connectivity index (χ2n) is 7.57. The number of ether oxygens (including phenoxy) is 1. The Bertz CT molecular complexity index is 867. The second kappa shape index (κ2) is 9.86. The fraction of sp³-hybridized carbons (Fsp3) is 0.429. The number of benzene rings is 1. The average molecular weight is 399 g/mol. The molecule has 156 valence electrons. The van der Waals surface area contributed by atoms with Crippen molar-refractivity contribution in [1.82, 2.24) is 25.6 Å². The van der Waals surface area contributed by atoms with E-state index in [9.17, 15) is 9.59 Å². The normalized spacial score (nSPS) is 11.0. The molecule has 8 heteroatoms.